The first-order valence-corrected chi connectivity index (χ1v) is 8.07. The molecule has 1 saturated carbocycles. The van der Waals surface area contributed by atoms with E-state index in [1.807, 2.05) is 18.2 Å². The van der Waals surface area contributed by atoms with Crippen LogP contribution in [0.2, 0.25) is 0 Å². The summed E-state index contributed by atoms with van der Waals surface area (Å²) in [4.78, 5) is 12.1. The molecule has 126 valence electrons. The highest BCUT2D eigenvalue weighted by Gasteiger charge is 2.59. The molecule has 1 aliphatic carbocycles. The van der Waals surface area contributed by atoms with Crippen molar-refractivity contribution >= 4 is 5.97 Å². The van der Waals surface area contributed by atoms with Crippen LogP contribution in [0.1, 0.15) is 26.3 Å². The number of esters is 1. The normalized spacial score (nSPS) is 21.2. The first kappa shape index (κ1) is 16.5. The van der Waals surface area contributed by atoms with Crippen molar-refractivity contribution in [3.05, 3.63) is 59.9 Å². The molecule has 3 rings (SSSR count). The topological polar surface area (TPSA) is 35.5 Å². The fourth-order valence-electron chi connectivity index (χ4n) is 2.98. The molecule has 0 amide bonds. The Bertz CT molecular complexity index is 737. The monoisotopic (exact) mass is 328 g/mol. The van der Waals surface area contributed by atoms with E-state index in [1.54, 1.807) is 18.2 Å². The molecule has 24 heavy (non-hydrogen) atoms. The van der Waals surface area contributed by atoms with Crippen LogP contribution in [-0.2, 0) is 16.1 Å². The van der Waals surface area contributed by atoms with Crippen LogP contribution in [0.3, 0.4) is 0 Å². The lowest BCUT2D eigenvalue weighted by Gasteiger charge is -2.09. The summed E-state index contributed by atoms with van der Waals surface area (Å²) in [5, 5.41) is 0. The third-order valence-corrected chi connectivity index (χ3v) is 4.95. The van der Waals surface area contributed by atoms with Gasteiger partial charge in [0.2, 0.25) is 0 Å². The van der Waals surface area contributed by atoms with Gasteiger partial charge in [0.25, 0.3) is 0 Å². The molecule has 3 nitrogen and oxygen atoms in total. The average molecular weight is 328 g/mol. The number of hydrogen-bond donors (Lipinski definition) is 0. The van der Waals surface area contributed by atoms with Crippen LogP contribution in [-0.4, -0.2) is 5.97 Å². The van der Waals surface area contributed by atoms with Gasteiger partial charge in [0.15, 0.2) is 0 Å². The summed E-state index contributed by atoms with van der Waals surface area (Å²) >= 11 is 0. The molecule has 0 radical (unpaired) electrons. The second kappa shape index (κ2) is 6.27. The van der Waals surface area contributed by atoms with E-state index in [-0.39, 0.29) is 29.7 Å². The SMILES string of the molecule is C[C@H]1[C@@H](C(=O)OCc2cccc(Oc3ccc(F)cc3)c2)C1(C)C. The number of ether oxygens (including phenoxy) is 2. The Morgan fingerprint density at radius 3 is 2.42 bits per heavy atom. The van der Waals surface area contributed by atoms with Gasteiger partial charge in [-0.15, -0.1) is 0 Å². The molecule has 0 spiro atoms. The summed E-state index contributed by atoms with van der Waals surface area (Å²) in [6.45, 7) is 6.46. The van der Waals surface area contributed by atoms with E-state index < -0.39 is 0 Å². The van der Waals surface area contributed by atoms with Crippen LogP contribution in [0, 0.1) is 23.1 Å². The molecule has 0 aliphatic heterocycles. The maximum atomic E-state index is 12.9. The molecular formula is C20H21FO3. The summed E-state index contributed by atoms with van der Waals surface area (Å²) in [6, 6.07) is 13.2. The van der Waals surface area contributed by atoms with Crippen molar-refractivity contribution in [2.45, 2.75) is 27.4 Å². The van der Waals surface area contributed by atoms with Gasteiger partial charge in [-0.2, -0.15) is 0 Å². The predicted molar refractivity (Wildman–Crippen MR) is 89.1 cm³/mol. The third kappa shape index (κ3) is 3.42. The molecule has 0 saturated heterocycles. The molecular weight excluding hydrogens is 307 g/mol. The number of rotatable bonds is 5. The third-order valence-electron chi connectivity index (χ3n) is 4.95. The van der Waals surface area contributed by atoms with Gasteiger partial charge in [-0.25, -0.2) is 4.39 Å². The van der Waals surface area contributed by atoms with E-state index in [9.17, 15) is 9.18 Å². The number of benzene rings is 2. The molecule has 2 aromatic rings. The Morgan fingerprint density at radius 2 is 1.79 bits per heavy atom. The van der Waals surface area contributed by atoms with Gasteiger partial charge in [0, 0.05) is 0 Å². The molecule has 2 atom stereocenters. The first-order valence-electron chi connectivity index (χ1n) is 8.07. The quantitative estimate of drug-likeness (QED) is 0.728. The Morgan fingerprint density at radius 1 is 1.12 bits per heavy atom. The lowest BCUT2D eigenvalue weighted by molar-refractivity contribution is -0.147. The minimum absolute atomic E-state index is 0.0175. The predicted octanol–water partition coefficient (Wildman–Crippen LogP) is 4.95. The van der Waals surface area contributed by atoms with E-state index in [0.717, 1.165) is 5.56 Å². The highest BCUT2D eigenvalue weighted by Crippen LogP contribution is 2.58. The highest BCUT2D eigenvalue weighted by molar-refractivity contribution is 5.77. The Kier molecular flexibility index (Phi) is 4.31. The van der Waals surface area contributed by atoms with Crippen LogP contribution >= 0.6 is 0 Å². The second-order valence-electron chi connectivity index (χ2n) is 6.90. The van der Waals surface area contributed by atoms with Gasteiger partial charge in [-0.1, -0.05) is 32.9 Å². The summed E-state index contributed by atoms with van der Waals surface area (Å²) < 4.78 is 24.0. The molecule has 1 aliphatic rings. The van der Waals surface area contributed by atoms with Crippen molar-refractivity contribution in [3.8, 4) is 11.5 Å². The maximum absolute atomic E-state index is 12.9. The van der Waals surface area contributed by atoms with Crippen molar-refractivity contribution in [2.24, 2.45) is 17.3 Å². The Hall–Kier alpha value is -2.36. The minimum Gasteiger partial charge on any atom is -0.461 e. The largest absolute Gasteiger partial charge is 0.461 e. The van der Waals surface area contributed by atoms with Crippen molar-refractivity contribution in [1.82, 2.24) is 0 Å². The van der Waals surface area contributed by atoms with Crippen LogP contribution in [0.4, 0.5) is 4.39 Å². The van der Waals surface area contributed by atoms with Crippen LogP contribution in [0.5, 0.6) is 11.5 Å². The average Bonchev–Trinajstić information content (AvgIpc) is 3.06. The Labute approximate surface area is 141 Å². The molecule has 0 heterocycles. The zero-order chi connectivity index (χ0) is 17.3. The zero-order valence-corrected chi connectivity index (χ0v) is 14.1. The van der Waals surface area contributed by atoms with Gasteiger partial charge in [-0.3, -0.25) is 4.79 Å². The first-order chi connectivity index (χ1) is 11.4. The molecule has 0 N–H and O–H groups in total. The van der Waals surface area contributed by atoms with Crippen LogP contribution < -0.4 is 4.74 Å². The van der Waals surface area contributed by atoms with E-state index in [0.29, 0.717) is 17.4 Å². The van der Waals surface area contributed by atoms with Crippen molar-refractivity contribution in [1.29, 1.82) is 0 Å². The number of halogens is 1. The standard InChI is InChI=1S/C20H21FO3/c1-13-18(20(13,2)3)19(22)23-12-14-5-4-6-17(11-14)24-16-9-7-15(21)8-10-16/h4-11,13,18H,12H2,1-3H3/t13-,18-/m0/s1. The number of carbonyl (C=O) groups excluding carboxylic acids is 1. The smallest absolute Gasteiger partial charge is 0.310 e. The van der Waals surface area contributed by atoms with Gasteiger partial charge in [0.1, 0.15) is 23.9 Å². The minimum atomic E-state index is -0.305. The molecule has 2 aromatic carbocycles. The van der Waals surface area contributed by atoms with Crippen molar-refractivity contribution < 1.29 is 18.7 Å². The molecule has 0 bridgehead atoms. The van der Waals surface area contributed by atoms with Crippen LogP contribution in [0.25, 0.3) is 0 Å². The van der Waals surface area contributed by atoms with Crippen molar-refractivity contribution in [2.75, 3.05) is 0 Å². The van der Waals surface area contributed by atoms with E-state index >= 15 is 0 Å². The summed E-state index contributed by atoms with van der Waals surface area (Å²) in [5.74, 6) is 1.07. The number of carbonyl (C=O) groups is 1. The summed E-state index contributed by atoms with van der Waals surface area (Å²) in [5.41, 5.74) is 0.888. The van der Waals surface area contributed by atoms with Gasteiger partial charge in [-0.05, 0) is 53.3 Å². The van der Waals surface area contributed by atoms with Gasteiger partial charge in [0.05, 0.1) is 5.92 Å². The zero-order valence-electron chi connectivity index (χ0n) is 14.1. The number of hydrogen-bond acceptors (Lipinski definition) is 3. The van der Waals surface area contributed by atoms with E-state index in [2.05, 4.69) is 20.8 Å². The van der Waals surface area contributed by atoms with E-state index in [4.69, 9.17) is 9.47 Å². The molecule has 1 fully saturated rings. The molecule has 0 unspecified atom stereocenters. The maximum Gasteiger partial charge on any atom is 0.310 e. The second-order valence-corrected chi connectivity index (χ2v) is 6.90. The lowest BCUT2D eigenvalue weighted by atomic mass is 10.1. The fourth-order valence-corrected chi connectivity index (χ4v) is 2.98. The molecule has 0 aromatic heterocycles. The highest BCUT2D eigenvalue weighted by atomic mass is 19.1. The summed E-state index contributed by atoms with van der Waals surface area (Å²) in [7, 11) is 0. The summed E-state index contributed by atoms with van der Waals surface area (Å²) in [6.07, 6.45) is 0. The van der Waals surface area contributed by atoms with Crippen molar-refractivity contribution in [3.63, 3.8) is 0 Å². The fraction of sp³-hybridized carbons (Fsp3) is 0.350. The Balaban J connectivity index is 1.59. The lowest BCUT2D eigenvalue weighted by Crippen LogP contribution is -2.10. The van der Waals surface area contributed by atoms with Crippen LogP contribution in [0.15, 0.2) is 48.5 Å². The molecule has 4 heteroatoms. The van der Waals surface area contributed by atoms with Gasteiger partial charge < -0.3 is 9.47 Å². The van der Waals surface area contributed by atoms with E-state index in [1.165, 1.54) is 12.1 Å². The van der Waals surface area contributed by atoms with Gasteiger partial charge >= 0.3 is 5.97 Å².